The summed E-state index contributed by atoms with van der Waals surface area (Å²) < 4.78 is 0. The first-order valence-electron chi connectivity index (χ1n) is 14.3. The van der Waals surface area contributed by atoms with Crippen molar-refractivity contribution in [1.29, 1.82) is 0 Å². The van der Waals surface area contributed by atoms with Crippen molar-refractivity contribution in [1.82, 2.24) is 0 Å². The van der Waals surface area contributed by atoms with Gasteiger partial charge >= 0.3 is 0 Å². The molecule has 0 N–H and O–H groups in total. The van der Waals surface area contributed by atoms with Crippen LogP contribution in [0.5, 0.6) is 0 Å². The van der Waals surface area contributed by atoms with Gasteiger partial charge in [0.2, 0.25) is 0 Å². The molecule has 0 amide bonds. The van der Waals surface area contributed by atoms with Crippen molar-refractivity contribution in [3.63, 3.8) is 0 Å². The van der Waals surface area contributed by atoms with E-state index >= 15 is 0 Å². The molecule has 0 atom stereocenters. The monoisotopic (exact) mass is 520 g/mol. The van der Waals surface area contributed by atoms with Gasteiger partial charge in [-0.1, -0.05) is 191 Å². The highest BCUT2D eigenvalue weighted by Crippen LogP contribution is 2.31. The largest absolute Gasteiger partial charge is 0.0683 e. The van der Waals surface area contributed by atoms with Gasteiger partial charge < -0.3 is 0 Å². The molecule has 6 aromatic carbocycles. The lowest BCUT2D eigenvalue weighted by atomic mass is 9.95. The molecule has 0 aromatic heterocycles. The van der Waals surface area contributed by atoms with Crippen molar-refractivity contribution in [3.8, 4) is 44.5 Å². The van der Waals surface area contributed by atoms with Gasteiger partial charge in [-0.25, -0.2) is 0 Å². The van der Waals surface area contributed by atoms with Crippen LogP contribution in [0.15, 0.2) is 170 Å². The molecule has 0 unspecified atom stereocenters. The zero-order valence-electron chi connectivity index (χ0n) is 24.2. The van der Waals surface area contributed by atoms with Crippen molar-refractivity contribution in [2.75, 3.05) is 0 Å². The van der Waals surface area contributed by atoms with E-state index in [0.717, 1.165) is 0 Å². The van der Waals surface area contributed by atoms with Gasteiger partial charge in [-0.2, -0.15) is 0 Å². The van der Waals surface area contributed by atoms with Crippen molar-refractivity contribution >= 4 is 0 Å². The summed E-state index contributed by atoms with van der Waals surface area (Å²) in [6.07, 6.45) is 0. The van der Waals surface area contributed by atoms with Gasteiger partial charge in [0, 0.05) is 0 Å². The molecule has 0 bridgehead atoms. The molecule has 6 rings (SSSR count). The quantitative estimate of drug-likeness (QED) is 0.217. The first-order chi connectivity index (χ1) is 19.9. The number of rotatable bonds is 4. The molecule has 0 nitrogen and oxygen atoms in total. The topological polar surface area (TPSA) is 0 Å². The van der Waals surface area contributed by atoms with E-state index in [-0.39, 0.29) is 0 Å². The molecule has 0 saturated heterocycles. The Balaban J connectivity index is 0.000000196. The van der Waals surface area contributed by atoms with E-state index in [0.29, 0.717) is 0 Å². The predicted molar refractivity (Wildman–Crippen MR) is 177 cm³/mol. The van der Waals surface area contributed by atoms with E-state index in [1.54, 1.807) is 0 Å². The molecule has 0 heteroatoms. The average molecular weight is 521 g/mol. The molecule has 0 aliphatic heterocycles. The van der Waals surface area contributed by atoms with Gasteiger partial charge in [-0.3, -0.25) is 0 Å². The summed E-state index contributed by atoms with van der Waals surface area (Å²) in [6.45, 7) is 8.00. The number of benzene rings is 6. The Hall–Kier alpha value is -4.68. The van der Waals surface area contributed by atoms with Crippen LogP contribution in [0.2, 0.25) is 0 Å². The highest BCUT2D eigenvalue weighted by Gasteiger charge is 2.05. The fourth-order valence-electron chi connectivity index (χ4n) is 4.36. The summed E-state index contributed by atoms with van der Waals surface area (Å²) in [5.41, 5.74) is 10.1. The van der Waals surface area contributed by atoms with Gasteiger partial charge in [-0.15, -0.1) is 0 Å². The number of hydrogen-bond acceptors (Lipinski definition) is 0. The molecule has 0 fully saturated rings. The summed E-state index contributed by atoms with van der Waals surface area (Å²) in [4.78, 5) is 0. The summed E-state index contributed by atoms with van der Waals surface area (Å²) in [7, 11) is 0. The van der Waals surface area contributed by atoms with Crippen molar-refractivity contribution in [2.45, 2.75) is 27.7 Å². The van der Waals surface area contributed by atoms with Crippen molar-refractivity contribution in [2.24, 2.45) is 0 Å². The molecule has 0 aliphatic rings. The molecule has 0 aliphatic carbocycles. The van der Waals surface area contributed by atoms with Gasteiger partial charge in [0.1, 0.15) is 0 Å². The molecule has 6 aromatic rings. The summed E-state index contributed by atoms with van der Waals surface area (Å²) in [5.74, 6) is 0. The van der Waals surface area contributed by atoms with E-state index in [1.165, 1.54) is 44.5 Å². The van der Waals surface area contributed by atoms with Crippen LogP contribution in [0.4, 0.5) is 0 Å². The lowest BCUT2D eigenvalue weighted by molar-refractivity contribution is 1.50. The molecular weight excluding hydrogens is 480 g/mol. The normalized spacial score (nSPS) is 9.50. The Morgan fingerprint density at radius 1 is 0.225 bits per heavy atom. The first kappa shape index (κ1) is 29.9. The maximum atomic E-state index is 2.24. The zero-order valence-corrected chi connectivity index (χ0v) is 24.2. The van der Waals surface area contributed by atoms with E-state index in [2.05, 4.69) is 158 Å². The third-order valence-corrected chi connectivity index (χ3v) is 6.17. The Morgan fingerprint density at radius 2 is 0.475 bits per heavy atom. The lowest BCUT2D eigenvalue weighted by Crippen LogP contribution is -1.83. The first-order valence-corrected chi connectivity index (χ1v) is 14.3. The van der Waals surface area contributed by atoms with Gasteiger partial charge in [-0.05, 0) is 50.6 Å². The molecular formula is C40H40. The van der Waals surface area contributed by atoms with Gasteiger partial charge in [0.25, 0.3) is 0 Å². The summed E-state index contributed by atoms with van der Waals surface area (Å²) in [5, 5.41) is 0. The maximum Gasteiger partial charge on any atom is -0.0105 e. The van der Waals surface area contributed by atoms with Crippen LogP contribution in [-0.2, 0) is 0 Å². The fourth-order valence-corrected chi connectivity index (χ4v) is 4.36. The lowest BCUT2D eigenvalue weighted by Gasteiger charge is -2.09. The van der Waals surface area contributed by atoms with Crippen molar-refractivity contribution < 1.29 is 0 Å². The minimum absolute atomic E-state index is 1.26. The summed E-state index contributed by atoms with van der Waals surface area (Å²) >= 11 is 0. The van der Waals surface area contributed by atoms with Crippen LogP contribution >= 0.6 is 0 Å². The highest BCUT2D eigenvalue weighted by atomic mass is 14.1. The molecule has 0 radical (unpaired) electrons. The second-order valence-corrected chi connectivity index (χ2v) is 8.59. The van der Waals surface area contributed by atoms with Crippen LogP contribution in [0.25, 0.3) is 44.5 Å². The smallest absolute Gasteiger partial charge is 0.0105 e. The van der Waals surface area contributed by atoms with E-state index in [1.807, 2.05) is 39.8 Å². The molecule has 0 heterocycles. The van der Waals surface area contributed by atoms with Gasteiger partial charge in [0.05, 0.1) is 0 Å². The SMILES string of the molecule is CC.CC.c1ccc(-c2cccc(-c3ccccc3)c2)cc1.c1ccc(-c2ccccc2-c2ccccc2)cc1. The predicted octanol–water partition coefficient (Wildman–Crippen LogP) is 12.1. The van der Waals surface area contributed by atoms with Gasteiger partial charge in [0.15, 0.2) is 0 Å². The van der Waals surface area contributed by atoms with Crippen LogP contribution in [-0.4, -0.2) is 0 Å². The second kappa shape index (κ2) is 17.0. The Morgan fingerprint density at radius 3 is 0.800 bits per heavy atom. The van der Waals surface area contributed by atoms with Crippen LogP contribution in [0.1, 0.15) is 27.7 Å². The third-order valence-electron chi connectivity index (χ3n) is 6.17. The molecule has 40 heavy (non-hydrogen) atoms. The Bertz CT molecular complexity index is 1370. The number of hydrogen-bond donors (Lipinski definition) is 0. The summed E-state index contributed by atoms with van der Waals surface area (Å²) in [6, 6.07) is 59.2. The minimum atomic E-state index is 1.26. The highest BCUT2D eigenvalue weighted by molar-refractivity contribution is 5.83. The van der Waals surface area contributed by atoms with Crippen molar-refractivity contribution in [3.05, 3.63) is 170 Å². The minimum Gasteiger partial charge on any atom is -0.0683 e. The average Bonchev–Trinajstić information content (AvgIpc) is 3.08. The van der Waals surface area contributed by atoms with E-state index in [9.17, 15) is 0 Å². The third kappa shape index (κ3) is 8.41. The molecule has 0 spiro atoms. The Kier molecular flexibility index (Phi) is 12.7. The van der Waals surface area contributed by atoms with E-state index in [4.69, 9.17) is 0 Å². The zero-order chi connectivity index (χ0) is 28.4. The Labute approximate surface area is 241 Å². The standard InChI is InChI=1S/2C18H14.2C2H6/c1-3-9-15(10-4-1)17-13-7-8-14-18(17)16-11-5-2-6-12-16;1-3-8-15(9-4-1)17-12-7-13-18(14-17)16-10-5-2-6-11-16;2*1-2/h2*1-14H;2*1-2H3. The maximum absolute atomic E-state index is 2.24. The van der Waals surface area contributed by atoms with Crippen LogP contribution in [0.3, 0.4) is 0 Å². The second-order valence-electron chi connectivity index (χ2n) is 8.59. The van der Waals surface area contributed by atoms with Crippen LogP contribution in [0, 0.1) is 0 Å². The molecule has 200 valence electrons. The van der Waals surface area contributed by atoms with Crippen LogP contribution < -0.4 is 0 Å². The van der Waals surface area contributed by atoms with E-state index < -0.39 is 0 Å². The fraction of sp³-hybridized carbons (Fsp3) is 0.100. The molecule has 0 saturated carbocycles.